The van der Waals surface area contributed by atoms with Gasteiger partial charge in [-0.05, 0) is 85.1 Å². The van der Waals surface area contributed by atoms with Gasteiger partial charge in [0.05, 0.1) is 108 Å². The van der Waals surface area contributed by atoms with Gasteiger partial charge in [-0.2, -0.15) is 0 Å². The van der Waals surface area contributed by atoms with E-state index in [-0.39, 0.29) is 95.8 Å². The number of nitrogens with one attached hydrogen (secondary N) is 7. The number of nitrogens with zero attached hydrogens (tertiary/aromatic N) is 7. The van der Waals surface area contributed by atoms with Gasteiger partial charge in [0.15, 0.2) is 0 Å². The topological polar surface area (TPSA) is 447 Å². The molecular weight excluding hydrogens is 1450 g/mol. The first-order chi connectivity index (χ1) is 53.2. The van der Waals surface area contributed by atoms with Crippen molar-refractivity contribution in [2.75, 3.05) is 73.7 Å². The summed E-state index contributed by atoms with van der Waals surface area (Å²) in [5.74, 6) is -6.76. The normalized spacial score (nSPS) is 16.0. The molecule has 2 aromatic carbocycles. The molecule has 0 spiro atoms. The van der Waals surface area contributed by atoms with Crippen LogP contribution in [0.1, 0.15) is 162 Å². The van der Waals surface area contributed by atoms with Crippen LogP contribution >= 0.6 is 0 Å². The lowest BCUT2D eigenvalue weighted by Crippen LogP contribution is -2.60. The summed E-state index contributed by atoms with van der Waals surface area (Å²) >= 11 is 0. The van der Waals surface area contributed by atoms with Crippen LogP contribution in [0.3, 0.4) is 0 Å². The number of carboxylic acids is 1. The van der Waals surface area contributed by atoms with Crippen LogP contribution in [0.25, 0.3) is 0 Å². The second-order valence-corrected chi connectivity index (χ2v) is 29.3. The summed E-state index contributed by atoms with van der Waals surface area (Å²) in [5, 5.41) is 47.8. The zero-order valence-electron chi connectivity index (χ0n) is 67.3. The molecule has 0 radical (unpaired) electrons. The molecule has 34 nitrogen and oxygen atoms in total. The Labute approximate surface area is 656 Å². The van der Waals surface area contributed by atoms with Gasteiger partial charge in [-0.3, -0.25) is 48.1 Å². The molecule has 0 bridgehead atoms. The molecule has 3 heterocycles. The Morgan fingerprint density at radius 1 is 0.696 bits per heavy atom. The highest BCUT2D eigenvalue weighted by atomic mass is 16.6. The third-order valence-electron chi connectivity index (χ3n) is 19.9. The fourth-order valence-electron chi connectivity index (χ4n) is 13.4. The number of amides is 11. The standard InChI is InChI=1S/C78H119N15O19/c1-16-49(8)69(60(107-13)41-64(96)93-35-21-25-59(93)71(109-15)50(9)72(100)82-51(10)70(99)53-22-18-17-19-23-53)90(11)76(104)67(47(4)5)87-75(103)68(48(6)7)91(12)78(106)112-44-52-26-29-55(30-27-52)83-73(101)57(24-20-34-80-77(79)105)85-74(102)66(46(2)3)86-62(95)33-38-111-45-56-43-92(89-88-56)36-39-110-37-32-61(94)84-58(40-65(97)98)54-28-31-63(108-14)81-42-54/h17-19,22-23,26-31,42-43,46-51,57-60,66-71,99H,16,20-21,24-25,32-41,44-45H2,1-15H3,(H,82,100)(H,83,101)(H,84,94)(H,85,102)(H,86,95)(H,87,103)(H,97,98)(H3,79,80,105)/t49-,50+,51+,57-,58-,59-,60+,66-,67-,68-,69-,70+,71+/m0/s1. The lowest BCUT2D eigenvalue weighted by atomic mass is 9.89. The second-order valence-electron chi connectivity index (χ2n) is 29.3. The summed E-state index contributed by atoms with van der Waals surface area (Å²) < 4.78 is 35.7. The number of primary amides is 1. The molecule has 4 aromatic rings. The predicted octanol–water partition coefficient (Wildman–Crippen LogP) is 4.93. The average molecular weight is 1570 g/mol. The van der Waals surface area contributed by atoms with Crippen molar-refractivity contribution in [3.05, 3.63) is 102 Å². The number of anilines is 1. The lowest BCUT2D eigenvalue weighted by molar-refractivity contribution is -0.148. The number of nitrogens with two attached hydrogens (primary N) is 1. The molecule has 5 rings (SSSR count). The van der Waals surface area contributed by atoms with Crippen molar-refractivity contribution < 1.29 is 91.4 Å². The first kappa shape index (κ1) is 92.7. The van der Waals surface area contributed by atoms with E-state index in [4.69, 9.17) is 34.2 Å². The number of aliphatic hydroxyl groups is 1. The van der Waals surface area contributed by atoms with Crippen molar-refractivity contribution in [1.29, 1.82) is 0 Å². The van der Waals surface area contributed by atoms with Crippen molar-refractivity contribution in [1.82, 2.24) is 66.6 Å². The highest BCUT2D eigenvalue weighted by Gasteiger charge is 2.44. The summed E-state index contributed by atoms with van der Waals surface area (Å²) in [7, 11) is 7.51. The molecule has 34 heteroatoms. The summed E-state index contributed by atoms with van der Waals surface area (Å²) in [6.07, 6.45) is 1.35. The van der Waals surface area contributed by atoms with Gasteiger partial charge in [-0.25, -0.2) is 19.3 Å². The molecule has 1 saturated heterocycles. The number of methoxy groups -OCH3 is 3. The molecule has 620 valence electrons. The monoisotopic (exact) mass is 1570 g/mol. The summed E-state index contributed by atoms with van der Waals surface area (Å²) in [5.41, 5.74) is 7.73. The van der Waals surface area contributed by atoms with E-state index in [1.165, 1.54) is 44.2 Å². The summed E-state index contributed by atoms with van der Waals surface area (Å²) in [6.45, 7) is 18.7. The molecule has 13 atom stereocenters. The highest BCUT2D eigenvalue weighted by Crippen LogP contribution is 2.31. The largest absolute Gasteiger partial charge is 0.481 e. The number of ether oxygens (including phenoxy) is 6. The molecule has 1 aliphatic rings. The number of pyridine rings is 1. The van der Waals surface area contributed by atoms with Crippen LogP contribution in [0.4, 0.5) is 15.3 Å². The lowest BCUT2D eigenvalue weighted by Gasteiger charge is -2.41. The summed E-state index contributed by atoms with van der Waals surface area (Å²) in [4.78, 5) is 157. The Morgan fingerprint density at radius 2 is 1.37 bits per heavy atom. The summed E-state index contributed by atoms with van der Waals surface area (Å²) in [6, 6.07) is 10.9. The van der Waals surface area contributed by atoms with Gasteiger partial charge in [-0.15, -0.1) is 5.10 Å². The third kappa shape index (κ3) is 29.0. The van der Waals surface area contributed by atoms with E-state index in [9.17, 15) is 63.0 Å². The minimum absolute atomic E-state index is 0.00804. The molecular formula is C78H119N15O19. The number of benzene rings is 2. The predicted molar refractivity (Wildman–Crippen MR) is 413 cm³/mol. The number of carbonyl (C=O) groups is 11. The zero-order chi connectivity index (χ0) is 82.9. The minimum Gasteiger partial charge on any atom is -0.481 e. The number of hydrogen-bond acceptors (Lipinski definition) is 21. The van der Waals surface area contributed by atoms with Crippen molar-refractivity contribution in [2.45, 2.75) is 213 Å². The Morgan fingerprint density at radius 3 is 1.96 bits per heavy atom. The average Bonchev–Trinajstić information content (AvgIpc) is 1.27. The molecule has 11 N–H and O–H groups in total. The van der Waals surface area contributed by atoms with E-state index < -0.39 is 144 Å². The smallest absolute Gasteiger partial charge is 0.410 e. The van der Waals surface area contributed by atoms with Gasteiger partial charge < -0.3 is 91.4 Å². The number of aliphatic hydroxyl groups excluding tert-OH is 1. The van der Waals surface area contributed by atoms with Crippen LogP contribution in [0.2, 0.25) is 0 Å². The van der Waals surface area contributed by atoms with Crippen molar-refractivity contribution in [3.8, 4) is 5.88 Å². The van der Waals surface area contributed by atoms with E-state index in [1.54, 1.807) is 127 Å². The van der Waals surface area contributed by atoms with Gasteiger partial charge in [0.1, 0.15) is 36.5 Å². The first-order valence-corrected chi connectivity index (χ1v) is 38.2. The SMILES string of the molecule is CC[C@H](C)[C@@H]([C@@H](CC(=O)N1CCC[C@H]1[C@H](OC)[C@@H](C)C(=O)N[C@H](C)[C@@H](O)c1ccccc1)OC)N(C)C(=O)[C@@H](NC(=O)[C@H](C(C)C)N(C)C(=O)OCc1ccc(NC(=O)[C@H](CCCNC(N)=O)NC(=O)[C@@H](NC(=O)CCOCc2cn(CCOCCC(=O)N[C@@H](CC(=O)O)c3ccc(OC)nc3)nn2)C(C)C)cc1)C(C)C. The second kappa shape index (κ2) is 46.8. The van der Waals surface area contributed by atoms with Crippen LogP contribution in [0.15, 0.2) is 79.1 Å². The Bertz CT molecular complexity index is 3660. The Hall–Kier alpha value is -9.90. The van der Waals surface area contributed by atoms with E-state index >= 15 is 0 Å². The number of urea groups is 1. The van der Waals surface area contributed by atoms with E-state index in [0.717, 1.165) is 0 Å². The van der Waals surface area contributed by atoms with Gasteiger partial charge in [0, 0.05) is 72.2 Å². The number of hydrogen-bond donors (Lipinski definition) is 10. The quantitative estimate of drug-likeness (QED) is 0.0262. The van der Waals surface area contributed by atoms with Crippen LogP contribution in [-0.4, -0.2) is 233 Å². The van der Waals surface area contributed by atoms with Gasteiger partial charge in [0.2, 0.25) is 53.1 Å². The van der Waals surface area contributed by atoms with Crippen LogP contribution in [0.5, 0.6) is 5.88 Å². The van der Waals surface area contributed by atoms with Crippen LogP contribution in [-0.2, 0) is 86.6 Å². The van der Waals surface area contributed by atoms with Crippen LogP contribution in [0, 0.1) is 29.6 Å². The molecule has 0 aliphatic carbocycles. The fourth-order valence-corrected chi connectivity index (χ4v) is 13.4. The number of aromatic nitrogens is 4. The minimum atomic E-state index is -1.16. The van der Waals surface area contributed by atoms with E-state index in [1.807, 2.05) is 32.0 Å². The molecule has 2 aromatic heterocycles. The molecule has 112 heavy (non-hydrogen) atoms. The van der Waals surface area contributed by atoms with Crippen molar-refractivity contribution in [3.63, 3.8) is 0 Å². The number of likely N-dealkylation sites (tertiary alicyclic amines) is 1. The van der Waals surface area contributed by atoms with E-state index in [2.05, 4.69) is 52.5 Å². The maximum atomic E-state index is 14.9. The van der Waals surface area contributed by atoms with Gasteiger partial charge >= 0.3 is 18.1 Å². The number of aliphatic carboxylic acids is 1. The fraction of sp³-hybridized carbons (Fsp3) is 0.615. The number of likely N-dealkylation sites (N-methyl/N-ethyl adjacent to an activating group) is 2. The Balaban J connectivity index is 1.11. The number of carbonyl (C=O) groups excluding carboxylic acids is 10. The zero-order valence-corrected chi connectivity index (χ0v) is 67.3. The van der Waals surface area contributed by atoms with Crippen LogP contribution < -0.4 is 47.7 Å². The number of carboxylic acid groups (broad SMARTS) is 1. The molecule has 1 aliphatic heterocycles. The molecule has 0 saturated carbocycles. The first-order valence-electron chi connectivity index (χ1n) is 38.2. The molecule has 0 unspecified atom stereocenters. The maximum Gasteiger partial charge on any atom is 0.410 e. The highest BCUT2D eigenvalue weighted by molar-refractivity contribution is 5.98. The van der Waals surface area contributed by atoms with Crippen molar-refractivity contribution >= 4 is 71.0 Å². The van der Waals surface area contributed by atoms with E-state index in [0.29, 0.717) is 66.3 Å². The molecule has 1 fully saturated rings. The third-order valence-corrected chi connectivity index (χ3v) is 19.9. The van der Waals surface area contributed by atoms with Crippen molar-refractivity contribution in [2.24, 2.45) is 35.3 Å². The van der Waals surface area contributed by atoms with Gasteiger partial charge in [0.25, 0.3) is 0 Å². The van der Waals surface area contributed by atoms with Gasteiger partial charge in [-0.1, -0.05) is 122 Å². The Kier molecular flexibility index (Phi) is 38.8. The molecule has 11 amide bonds. The maximum absolute atomic E-state index is 14.9. The number of rotatable bonds is 48.